The Morgan fingerprint density at radius 2 is 2.10 bits per heavy atom. The average Bonchev–Trinajstić information content (AvgIpc) is 2.42. The molecule has 0 heterocycles. The van der Waals surface area contributed by atoms with Crippen LogP contribution in [0.4, 0.5) is 0 Å². The molecule has 1 N–H and O–H groups in total. The van der Waals surface area contributed by atoms with Crippen molar-refractivity contribution in [3.63, 3.8) is 0 Å². The first kappa shape index (κ1) is 16.3. The molecule has 0 aromatic heterocycles. The van der Waals surface area contributed by atoms with E-state index in [2.05, 4.69) is 0 Å². The molecule has 1 aromatic carbocycles. The topological polar surface area (TPSA) is 66.8 Å². The molecule has 6 heteroatoms. The molecule has 1 aromatic rings. The normalized spacial score (nSPS) is 11.8. The van der Waals surface area contributed by atoms with Gasteiger partial charge in [0.05, 0.1) is 12.7 Å². The number of carbonyl (C=O) groups excluding carboxylic acids is 1. The van der Waals surface area contributed by atoms with E-state index < -0.39 is 11.9 Å². The molecule has 0 saturated carbocycles. The number of halogens is 1. The molecule has 0 bridgehead atoms. The van der Waals surface area contributed by atoms with Gasteiger partial charge >= 0.3 is 5.97 Å². The molecule has 110 valence electrons. The summed E-state index contributed by atoms with van der Waals surface area (Å²) in [4.78, 5) is 24.8. The van der Waals surface area contributed by atoms with Crippen LogP contribution in [-0.2, 0) is 4.79 Å². The van der Waals surface area contributed by atoms with Crippen molar-refractivity contribution in [2.45, 2.75) is 26.3 Å². The smallest absolute Gasteiger partial charge is 0.323 e. The third-order valence-corrected chi connectivity index (χ3v) is 3.32. The van der Waals surface area contributed by atoms with Gasteiger partial charge in [0.1, 0.15) is 12.3 Å². The van der Waals surface area contributed by atoms with Gasteiger partial charge in [-0.15, -0.1) is 0 Å². The van der Waals surface area contributed by atoms with Gasteiger partial charge in [0.25, 0.3) is 5.91 Å². The molecular weight excluding hydrogens is 282 g/mol. The number of hydrogen-bond acceptors (Lipinski definition) is 3. The molecule has 5 nitrogen and oxygen atoms in total. The number of ether oxygens (including phenoxy) is 1. The van der Waals surface area contributed by atoms with E-state index in [1.54, 1.807) is 19.1 Å². The Labute approximate surface area is 123 Å². The van der Waals surface area contributed by atoms with E-state index in [9.17, 15) is 9.59 Å². The fraction of sp³-hybridized carbons (Fsp3) is 0.429. The zero-order valence-electron chi connectivity index (χ0n) is 11.7. The highest BCUT2D eigenvalue weighted by atomic mass is 35.5. The van der Waals surface area contributed by atoms with E-state index in [0.29, 0.717) is 17.2 Å². The Bertz CT molecular complexity index is 504. The number of hydrogen-bond donors (Lipinski definition) is 1. The molecule has 1 atom stereocenters. The lowest BCUT2D eigenvalue weighted by molar-refractivity contribution is -0.138. The molecule has 1 rings (SSSR count). The predicted octanol–water partition coefficient (Wildman–Crippen LogP) is 2.67. The van der Waals surface area contributed by atoms with Gasteiger partial charge < -0.3 is 14.7 Å². The quantitative estimate of drug-likeness (QED) is 0.877. The van der Waals surface area contributed by atoms with Crippen LogP contribution in [0.25, 0.3) is 0 Å². The van der Waals surface area contributed by atoms with Crippen molar-refractivity contribution in [3.8, 4) is 5.75 Å². The highest BCUT2D eigenvalue weighted by Gasteiger charge is 2.25. The Kier molecular flexibility index (Phi) is 5.82. The minimum atomic E-state index is -1.06. The lowest BCUT2D eigenvalue weighted by atomic mass is 10.1. The summed E-state index contributed by atoms with van der Waals surface area (Å²) in [5.41, 5.74) is 0.265. The van der Waals surface area contributed by atoms with Gasteiger partial charge in [-0.3, -0.25) is 9.59 Å². The van der Waals surface area contributed by atoms with E-state index >= 15 is 0 Å². The summed E-state index contributed by atoms with van der Waals surface area (Å²) >= 11 is 5.90. The fourth-order valence-electron chi connectivity index (χ4n) is 1.80. The van der Waals surface area contributed by atoms with Crippen LogP contribution in [-0.4, -0.2) is 41.6 Å². The second-order valence-corrected chi connectivity index (χ2v) is 4.87. The molecule has 0 aliphatic heterocycles. The zero-order valence-corrected chi connectivity index (χ0v) is 12.5. The van der Waals surface area contributed by atoms with Gasteiger partial charge in [0.2, 0.25) is 0 Å². The highest BCUT2D eigenvalue weighted by Crippen LogP contribution is 2.25. The number of aliphatic carboxylic acids is 1. The van der Waals surface area contributed by atoms with E-state index in [4.69, 9.17) is 21.4 Å². The standard InChI is InChI=1S/C14H18ClNO4/c1-4-9(2)16(8-13(17)18)14(19)11-7-10(15)5-6-12(11)20-3/h5-7,9H,4,8H2,1-3H3,(H,17,18). The van der Waals surface area contributed by atoms with Crippen molar-refractivity contribution in [3.05, 3.63) is 28.8 Å². The Balaban J connectivity index is 3.17. The molecule has 1 amide bonds. The SMILES string of the molecule is CCC(C)N(CC(=O)O)C(=O)c1cc(Cl)ccc1OC. The lowest BCUT2D eigenvalue weighted by Crippen LogP contribution is -2.42. The zero-order chi connectivity index (χ0) is 15.3. The van der Waals surface area contributed by atoms with Gasteiger partial charge in [-0.05, 0) is 31.5 Å². The summed E-state index contributed by atoms with van der Waals surface area (Å²) in [7, 11) is 1.45. The van der Waals surface area contributed by atoms with Crippen LogP contribution < -0.4 is 4.74 Å². The van der Waals surface area contributed by atoms with Crippen molar-refractivity contribution < 1.29 is 19.4 Å². The minimum absolute atomic E-state index is 0.192. The van der Waals surface area contributed by atoms with Crippen LogP contribution in [0.3, 0.4) is 0 Å². The lowest BCUT2D eigenvalue weighted by Gasteiger charge is -2.27. The van der Waals surface area contributed by atoms with E-state index in [-0.39, 0.29) is 18.2 Å². The summed E-state index contributed by atoms with van der Waals surface area (Å²) in [5, 5.41) is 9.35. The number of carboxylic acid groups (broad SMARTS) is 1. The number of rotatable bonds is 6. The van der Waals surface area contributed by atoms with E-state index in [1.807, 2.05) is 6.92 Å². The summed E-state index contributed by atoms with van der Waals surface area (Å²) in [6.45, 7) is 3.34. The van der Waals surface area contributed by atoms with Crippen molar-refractivity contribution in [1.29, 1.82) is 0 Å². The van der Waals surface area contributed by atoms with Crippen LogP contribution in [0.2, 0.25) is 5.02 Å². The van der Waals surface area contributed by atoms with Crippen molar-refractivity contribution in [2.24, 2.45) is 0 Å². The first-order chi connectivity index (χ1) is 9.40. The number of methoxy groups -OCH3 is 1. The number of amides is 1. The summed E-state index contributed by atoms with van der Waals surface area (Å²) in [6.07, 6.45) is 0.655. The Morgan fingerprint density at radius 3 is 2.60 bits per heavy atom. The summed E-state index contributed by atoms with van der Waals surface area (Å²) in [5.74, 6) is -1.08. The third-order valence-electron chi connectivity index (χ3n) is 3.08. The third kappa shape index (κ3) is 3.87. The maximum Gasteiger partial charge on any atom is 0.323 e. The molecule has 0 radical (unpaired) electrons. The van der Waals surface area contributed by atoms with Crippen molar-refractivity contribution in [1.82, 2.24) is 4.90 Å². The summed E-state index contributed by atoms with van der Waals surface area (Å²) in [6, 6.07) is 4.50. The first-order valence-electron chi connectivity index (χ1n) is 6.27. The number of carbonyl (C=O) groups is 2. The predicted molar refractivity (Wildman–Crippen MR) is 76.4 cm³/mol. The molecule has 0 aliphatic rings. The van der Waals surface area contributed by atoms with Gasteiger partial charge in [-0.1, -0.05) is 18.5 Å². The highest BCUT2D eigenvalue weighted by molar-refractivity contribution is 6.31. The van der Waals surface area contributed by atoms with Crippen LogP contribution in [0, 0.1) is 0 Å². The second kappa shape index (κ2) is 7.14. The van der Waals surface area contributed by atoms with Crippen LogP contribution in [0.15, 0.2) is 18.2 Å². The number of nitrogens with zero attached hydrogens (tertiary/aromatic N) is 1. The molecule has 0 fully saturated rings. The largest absolute Gasteiger partial charge is 0.496 e. The number of carboxylic acids is 1. The fourth-order valence-corrected chi connectivity index (χ4v) is 1.97. The average molecular weight is 300 g/mol. The Morgan fingerprint density at radius 1 is 1.45 bits per heavy atom. The first-order valence-corrected chi connectivity index (χ1v) is 6.64. The van der Waals surface area contributed by atoms with Crippen LogP contribution in [0.5, 0.6) is 5.75 Å². The van der Waals surface area contributed by atoms with Gasteiger partial charge in [0, 0.05) is 11.1 Å². The van der Waals surface area contributed by atoms with Gasteiger partial charge in [-0.2, -0.15) is 0 Å². The second-order valence-electron chi connectivity index (χ2n) is 4.43. The van der Waals surface area contributed by atoms with E-state index in [0.717, 1.165) is 0 Å². The molecule has 1 unspecified atom stereocenters. The maximum atomic E-state index is 12.5. The minimum Gasteiger partial charge on any atom is -0.496 e. The van der Waals surface area contributed by atoms with Crippen LogP contribution >= 0.6 is 11.6 Å². The van der Waals surface area contributed by atoms with Gasteiger partial charge in [0.15, 0.2) is 0 Å². The van der Waals surface area contributed by atoms with Crippen molar-refractivity contribution in [2.75, 3.05) is 13.7 Å². The maximum absolute atomic E-state index is 12.5. The van der Waals surface area contributed by atoms with E-state index in [1.165, 1.54) is 18.1 Å². The molecule has 0 saturated heterocycles. The number of benzene rings is 1. The molecular formula is C14H18ClNO4. The monoisotopic (exact) mass is 299 g/mol. The Hall–Kier alpha value is -1.75. The van der Waals surface area contributed by atoms with Gasteiger partial charge in [-0.25, -0.2) is 0 Å². The van der Waals surface area contributed by atoms with Crippen LogP contribution in [0.1, 0.15) is 30.6 Å². The molecule has 20 heavy (non-hydrogen) atoms. The van der Waals surface area contributed by atoms with Crippen molar-refractivity contribution >= 4 is 23.5 Å². The molecule has 0 spiro atoms. The summed E-state index contributed by atoms with van der Waals surface area (Å²) < 4.78 is 5.14. The molecule has 0 aliphatic carbocycles.